The Morgan fingerprint density at radius 3 is 2.85 bits per heavy atom. The van der Waals surface area contributed by atoms with Gasteiger partial charge in [0.25, 0.3) is 0 Å². The fourth-order valence-corrected chi connectivity index (χ4v) is 3.13. The van der Waals surface area contributed by atoms with E-state index in [-0.39, 0.29) is 0 Å². The first-order valence-corrected chi connectivity index (χ1v) is 7.47. The highest BCUT2D eigenvalue weighted by atomic mass is 15.3. The molecule has 3 heteroatoms. The van der Waals surface area contributed by atoms with Gasteiger partial charge in [-0.3, -0.25) is 4.68 Å². The summed E-state index contributed by atoms with van der Waals surface area (Å²) < 4.78 is 1.96. The van der Waals surface area contributed by atoms with Crippen LogP contribution in [-0.2, 0) is 7.05 Å². The third-order valence-electron chi connectivity index (χ3n) is 4.22. The molecule has 1 aliphatic heterocycles. The summed E-state index contributed by atoms with van der Waals surface area (Å²) >= 11 is 0. The summed E-state index contributed by atoms with van der Waals surface area (Å²) in [5.41, 5.74) is 6.53. The van der Waals surface area contributed by atoms with Gasteiger partial charge in [-0.2, -0.15) is 5.10 Å². The highest BCUT2D eigenvalue weighted by Crippen LogP contribution is 2.33. The molecule has 1 atom stereocenters. The molecule has 0 radical (unpaired) electrons. The molecule has 3 nitrogen and oxygen atoms in total. The highest BCUT2D eigenvalue weighted by Gasteiger charge is 2.22. The van der Waals surface area contributed by atoms with Crippen LogP contribution >= 0.6 is 0 Å². The van der Waals surface area contributed by atoms with Crippen LogP contribution in [0.4, 0.5) is 0 Å². The molecule has 1 aromatic carbocycles. The van der Waals surface area contributed by atoms with Crippen LogP contribution in [0.25, 0.3) is 11.1 Å². The maximum absolute atomic E-state index is 4.76. The van der Waals surface area contributed by atoms with Crippen LogP contribution in [0.2, 0.25) is 0 Å². The fraction of sp³-hybridized carbons (Fsp3) is 0.471. The fourth-order valence-electron chi connectivity index (χ4n) is 3.13. The molecule has 3 rings (SSSR count). The number of piperidine rings is 1. The second kappa shape index (κ2) is 5.41. The summed E-state index contributed by atoms with van der Waals surface area (Å²) in [7, 11) is 2.02. The minimum Gasteiger partial charge on any atom is -0.316 e. The van der Waals surface area contributed by atoms with E-state index in [1.807, 2.05) is 11.7 Å². The van der Waals surface area contributed by atoms with E-state index < -0.39 is 0 Å². The molecule has 2 aromatic rings. The summed E-state index contributed by atoms with van der Waals surface area (Å²) in [4.78, 5) is 0. The maximum Gasteiger partial charge on any atom is 0.0746 e. The number of hydrogen-bond donors (Lipinski definition) is 1. The van der Waals surface area contributed by atoms with Crippen molar-refractivity contribution < 1.29 is 0 Å². The number of benzene rings is 1. The molecule has 0 spiro atoms. The van der Waals surface area contributed by atoms with Crippen molar-refractivity contribution in [2.24, 2.45) is 7.05 Å². The zero-order valence-corrected chi connectivity index (χ0v) is 12.6. The van der Waals surface area contributed by atoms with Crippen LogP contribution in [0.5, 0.6) is 0 Å². The average molecular weight is 269 g/mol. The van der Waals surface area contributed by atoms with Crippen LogP contribution < -0.4 is 5.32 Å². The Morgan fingerprint density at radius 1 is 1.25 bits per heavy atom. The largest absolute Gasteiger partial charge is 0.316 e. The molecular formula is C17H23N3. The predicted molar refractivity (Wildman–Crippen MR) is 83.0 cm³/mol. The molecule has 2 heterocycles. The predicted octanol–water partition coefficient (Wildman–Crippen LogP) is 3.17. The van der Waals surface area contributed by atoms with Gasteiger partial charge in [-0.25, -0.2) is 0 Å². The van der Waals surface area contributed by atoms with Crippen LogP contribution in [0.15, 0.2) is 24.4 Å². The standard InChI is InChI=1S/C17H23N3/c1-12-6-7-13(2)15(9-12)16-11-20(3)19-17(16)14-5-4-8-18-10-14/h6-7,9,11,14,18H,4-5,8,10H2,1-3H3. The Hall–Kier alpha value is -1.61. The number of hydrogen-bond acceptors (Lipinski definition) is 2. The molecule has 1 unspecified atom stereocenters. The van der Waals surface area contributed by atoms with Crippen molar-refractivity contribution in [3.63, 3.8) is 0 Å². The zero-order valence-electron chi connectivity index (χ0n) is 12.6. The molecule has 0 bridgehead atoms. The third-order valence-corrected chi connectivity index (χ3v) is 4.22. The van der Waals surface area contributed by atoms with Gasteiger partial charge in [0, 0.05) is 31.3 Å². The Kier molecular flexibility index (Phi) is 3.62. The smallest absolute Gasteiger partial charge is 0.0746 e. The third kappa shape index (κ3) is 2.50. The van der Waals surface area contributed by atoms with Gasteiger partial charge < -0.3 is 5.32 Å². The molecule has 1 aromatic heterocycles. The molecule has 1 aliphatic rings. The Bertz CT molecular complexity index is 607. The summed E-state index contributed by atoms with van der Waals surface area (Å²) in [5.74, 6) is 0.542. The number of nitrogens with zero attached hydrogens (tertiary/aromatic N) is 2. The van der Waals surface area contributed by atoms with Crippen molar-refractivity contribution in [3.8, 4) is 11.1 Å². The van der Waals surface area contributed by atoms with E-state index >= 15 is 0 Å². The molecule has 20 heavy (non-hydrogen) atoms. The van der Waals surface area contributed by atoms with Crippen molar-refractivity contribution in [1.82, 2.24) is 15.1 Å². The highest BCUT2D eigenvalue weighted by molar-refractivity contribution is 5.70. The lowest BCUT2D eigenvalue weighted by molar-refractivity contribution is 0.452. The van der Waals surface area contributed by atoms with Crippen molar-refractivity contribution in [1.29, 1.82) is 0 Å². The van der Waals surface area contributed by atoms with E-state index in [1.54, 1.807) is 0 Å². The monoisotopic (exact) mass is 269 g/mol. The second-order valence-electron chi connectivity index (χ2n) is 5.96. The van der Waals surface area contributed by atoms with Crippen molar-refractivity contribution in [2.75, 3.05) is 13.1 Å². The first-order valence-electron chi connectivity index (χ1n) is 7.47. The van der Waals surface area contributed by atoms with E-state index in [2.05, 4.69) is 43.6 Å². The number of rotatable bonds is 2. The van der Waals surface area contributed by atoms with Crippen molar-refractivity contribution in [3.05, 3.63) is 41.2 Å². The molecule has 1 N–H and O–H groups in total. The summed E-state index contributed by atoms with van der Waals surface area (Å²) in [6.45, 7) is 6.53. The molecule has 1 fully saturated rings. The topological polar surface area (TPSA) is 29.9 Å². The molecule has 0 aliphatic carbocycles. The average Bonchev–Trinajstić information content (AvgIpc) is 2.84. The molecule has 0 saturated carbocycles. The van der Waals surface area contributed by atoms with E-state index in [0.29, 0.717) is 5.92 Å². The zero-order chi connectivity index (χ0) is 14.1. The number of nitrogens with one attached hydrogen (secondary N) is 1. The van der Waals surface area contributed by atoms with Gasteiger partial charge in [0.1, 0.15) is 0 Å². The van der Waals surface area contributed by atoms with Gasteiger partial charge in [-0.15, -0.1) is 0 Å². The van der Waals surface area contributed by atoms with E-state index in [0.717, 1.165) is 13.1 Å². The summed E-state index contributed by atoms with van der Waals surface area (Å²) in [6, 6.07) is 6.67. The molecular weight excluding hydrogens is 246 g/mol. The van der Waals surface area contributed by atoms with E-state index in [4.69, 9.17) is 5.10 Å². The summed E-state index contributed by atoms with van der Waals surface area (Å²) in [6.07, 6.45) is 4.65. The van der Waals surface area contributed by atoms with Gasteiger partial charge in [0.2, 0.25) is 0 Å². The Balaban J connectivity index is 2.06. The number of aryl methyl sites for hydroxylation is 3. The first-order chi connectivity index (χ1) is 9.65. The van der Waals surface area contributed by atoms with E-state index in [1.165, 1.54) is 40.8 Å². The van der Waals surface area contributed by atoms with Crippen LogP contribution in [0, 0.1) is 13.8 Å². The Morgan fingerprint density at radius 2 is 2.10 bits per heavy atom. The van der Waals surface area contributed by atoms with Crippen LogP contribution in [0.3, 0.4) is 0 Å². The van der Waals surface area contributed by atoms with Gasteiger partial charge in [0.15, 0.2) is 0 Å². The van der Waals surface area contributed by atoms with Gasteiger partial charge >= 0.3 is 0 Å². The lowest BCUT2D eigenvalue weighted by atomic mass is 9.90. The SMILES string of the molecule is Cc1ccc(C)c(-c2cn(C)nc2C2CCCNC2)c1. The Labute approximate surface area is 121 Å². The molecule has 1 saturated heterocycles. The minimum atomic E-state index is 0.542. The van der Waals surface area contributed by atoms with Gasteiger partial charge in [-0.05, 0) is 44.4 Å². The molecule has 106 valence electrons. The van der Waals surface area contributed by atoms with Crippen molar-refractivity contribution >= 4 is 0 Å². The normalized spacial score (nSPS) is 19.2. The van der Waals surface area contributed by atoms with Gasteiger partial charge in [0.05, 0.1) is 5.69 Å². The molecule has 0 amide bonds. The first kappa shape index (κ1) is 13.4. The minimum absolute atomic E-state index is 0.542. The quantitative estimate of drug-likeness (QED) is 0.907. The lowest BCUT2D eigenvalue weighted by Crippen LogP contribution is -2.28. The van der Waals surface area contributed by atoms with E-state index in [9.17, 15) is 0 Å². The summed E-state index contributed by atoms with van der Waals surface area (Å²) in [5, 5.41) is 8.26. The lowest BCUT2D eigenvalue weighted by Gasteiger charge is -2.22. The van der Waals surface area contributed by atoms with Gasteiger partial charge in [-0.1, -0.05) is 23.8 Å². The van der Waals surface area contributed by atoms with Crippen LogP contribution in [-0.4, -0.2) is 22.9 Å². The second-order valence-corrected chi connectivity index (χ2v) is 5.96. The van der Waals surface area contributed by atoms with Crippen LogP contribution in [0.1, 0.15) is 35.6 Å². The van der Waals surface area contributed by atoms with Crippen molar-refractivity contribution in [2.45, 2.75) is 32.6 Å². The number of aromatic nitrogens is 2. The maximum atomic E-state index is 4.76.